The summed E-state index contributed by atoms with van der Waals surface area (Å²) in [4.78, 5) is 17.7. The van der Waals surface area contributed by atoms with Gasteiger partial charge in [-0.1, -0.05) is 12.1 Å². The van der Waals surface area contributed by atoms with Crippen LogP contribution < -0.4 is 15.5 Å². The Bertz CT molecular complexity index is 487. The van der Waals surface area contributed by atoms with Gasteiger partial charge in [-0.05, 0) is 31.0 Å². The number of halogens is 1. The topological polar surface area (TPSA) is 56.7 Å². The van der Waals surface area contributed by atoms with Crippen molar-refractivity contribution in [3.05, 3.63) is 29.8 Å². The molecule has 2 N–H and O–H groups in total. The van der Waals surface area contributed by atoms with Gasteiger partial charge in [0.25, 0.3) is 0 Å². The predicted octanol–water partition coefficient (Wildman–Crippen LogP) is 2.12. The van der Waals surface area contributed by atoms with E-state index in [9.17, 15) is 4.79 Å². The van der Waals surface area contributed by atoms with Crippen LogP contribution in [0.5, 0.6) is 0 Å². The van der Waals surface area contributed by atoms with Crippen molar-refractivity contribution < 1.29 is 4.79 Å². The van der Waals surface area contributed by atoms with Crippen molar-refractivity contribution in [2.24, 2.45) is 4.99 Å². The Morgan fingerprint density at radius 3 is 2.52 bits per heavy atom. The van der Waals surface area contributed by atoms with E-state index in [4.69, 9.17) is 0 Å². The van der Waals surface area contributed by atoms with Crippen LogP contribution in [0.25, 0.3) is 0 Å². The number of carbonyl (C=O) groups excluding carboxylic acids is 1. The molecular formula is C15H23IN4O. The lowest BCUT2D eigenvalue weighted by atomic mass is 10.2. The second kappa shape index (κ2) is 8.86. The zero-order chi connectivity index (χ0) is 14.4. The second-order valence-electron chi connectivity index (χ2n) is 4.77. The Morgan fingerprint density at radius 1 is 1.29 bits per heavy atom. The van der Waals surface area contributed by atoms with Gasteiger partial charge in [-0.15, -0.1) is 24.0 Å². The molecule has 1 aliphatic rings. The molecule has 2 rings (SSSR count). The molecule has 0 saturated carbocycles. The van der Waals surface area contributed by atoms with Gasteiger partial charge in [0, 0.05) is 38.8 Å². The summed E-state index contributed by atoms with van der Waals surface area (Å²) in [6.45, 7) is 4.43. The Hall–Kier alpha value is -1.31. The highest BCUT2D eigenvalue weighted by Crippen LogP contribution is 2.21. The van der Waals surface area contributed by atoms with E-state index in [0.717, 1.165) is 31.2 Å². The fourth-order valence-electron chi connectivity index (χ4n) is 2.29. The molecule has 0 unspecified atom stereocenters. The molecule has 21 heavy (non-hydrogen) atoms. The van der Waals surface area contributed by atoms with Crippen molar-refractivity contribution in [1.82, 2.24) is 10.6 Å². The summed E-state index contributed by atoms with van der Waals surface area (Å²) in [5.74, 6) is 1.02. The Kier molecular flexibility index (Phi) is 7.49. The zero-order valence-electron chi connectivity index (χ0n) is 12.6. The molecule has 1 aliphatic heterocycles. The van der Waals surface area contributed by atoms with Gasteiger partial charge in [0.15, 0.2) is 5.96 Å². The van der Waals surface area contributed by atoms with Gasteiger partial charge in [0.2, 0.25) is 5.91 Å². The lowest BCUT2D eigenvalue weighted by Crippen LogP contribution is -2.36. The average Bonchev–Trinajstić information content (AvgIpc) is 2.90. The van der Waals surface area contributed by atoms with E-state index in [1.807, 2.05) is 36.1 Å². The summed E-state index contributed by atoms with van der Waals surface area (Å²) in [6.07, 6.45) is 1.63. The van der Waals surface area contributed by atoms with E-state index >= 15 is 0 Å². The fourth-order valence-corrected chi connectivity index (χ4v) is 2.29. The van der Waals surface area contributed by atoms with E-state index in [0.29, 0.717) is 13.0 Å². The van der Waals surface area contributed by atoms with E-state index in [2.05, 4.69) is 15.6 Å². The van der Waals surface area contributed by atoms with Crippen LogP contribution in [-0.2, 0) is 11.3 Å². The molecule has 0 spiro atoms. The number of nitrogens with zero attached hydrogens (tertiary/aromatic N) is 2. The minimum Gasteiger partial charge on any atom is -0.357 e. The number of nitrogens with one attached hydrogen (secondary N) is 2. The minimum absolute atomic E-state index is 0. The van der Waals surface area contributed by atoms with Crippen LogP contribution in [-0.4, -0.2) is 32.0 Å². The van der Waals surface area contributed by atoms with Crippen molar-refractivity contribution in [2.45, 2.75) is 26.3 Å². The van der Waals surface area contributed by atoms with E-state index in [1.54, 1.807) is 7.05 Å². The fraction of sp³-hybridized carbons (Fsp3) is 0.467. The summed E-state index contributed by atoms with van der Waals surface area (Å²) >= 11 is 0. The van der Waals surface area contributed by atoms with Gasteiger partial charge in [0.05, 0.1) is 0 Å². The molecular weight excluding hydrogens is 379 g/mol. The zero-order valence-corrected chi connectivity index (χ0v) is 14.9. The van der Waals surface area contributed by atoms with Crippen LogP contribution >= 0.6 is 24.0 Å². The van der Waals surface area contributed by atoms with Gasteiger partial charge in [0.1, 0.15) is 0 Å². The maximum Gasteiger partial charge on any atom is 0.227 e. The first-order valence-electron chi connectivity index (χ1n) is 7.08. The van der Waals surface area contributed by atoms with Crippen LogP contribution in [0.15, 0.2) is 29.3 Å². The smallest absolute Gasteiger partial charge is 0.227 e. The Labute approximate surface area is 143 Å². The third-order valence-electron chi connectivity index (χ3n) is 3.35. The summed E-state index contributed by atoms with van der Waals surface area (Å²) in [5.41, 5.74) is 2.16. The second-order valence-corrected chi connectivity index (χ2v) is 4.77. The monoisotopic (exact) mass is 402 g/mol. The maximum absolute atomic E-state index is 11.7. The number of rotatable bonds is 4. The number of amides is 1. The standard InChI is InChI=1S/C15H22N4O.HI/c1-3-17-15(16-2)18-11-12-6-8-13(9-7-12)19-10-4-5-14(19)20;/h6-9H,3-5,10-11H2,1-2H3,(H2,16,17,18);1H. The first-order chi connectivity index (χ1) is 9.74. The molecule has 1 fully saturated rings. The van der Waals surface area contributed by atoms with E-state index in [1.165, 1.54) is 5.56 Å². The first kappa shape index (κ1) is 17.7. The summed E-state index contributed by atoms with van der Waals surface area (Å²) in [6, 6.07) is 8.12. The van der Waals surface area contributed by atoms with Gasteiger partial charge in [-0.25, -0.2) is 0 Å². The number of benzene rings is 1. The minimum atomic E-state index is 0. The highest BCUT2D eigenvalue weighted by atomic mass is 127. The summed E-state index contributed by atoms with van der Waals surface area (Å²) in [7, 11) is 1.76. The van der Waals surface area contributed by atoms with Gasteiger partial charge in [-0.3, -0.25) is 9.79 Å². The maximum atomic E-state index is 11.7. The number of anilines is 1. The molecule has 1 aromatic carbocycles. The third kappa shape index (κ3) is 4.87. The lowest BCUT2D eigenvalue weighted by molar-refractivity contribution is -0.117. The molecule has 1 amide bonds. The number of hydrogen-bond donors (Lipinski definition) is 2. The summed E-state index contributed by atoms with van der Waals surface area (Å²) in [5, 5.41) is 6.39. The van der Waals surface area contributed by atoms with Gasteiger partial charge >= 0.3 is 0 Å². The molecule has 0 atom stereocenters. The lowest BCUT2D eigenvalue weighted by Gasteiger charge is -2.16. The molecule has 0 bridgehead atoms. The third-order valence-corrected chi connectivity index (χ3v) is 3.35. The SMILES string of the molecule is CCNC(=NC)NCc1ccc(N2CCCC2=O)cc1.I. The molecule has 1 saturated heterocycles. The number of aliphatic imine (C=N–C) groups is 1. The number of hydrogen-bond acceptors (Lipinski definition) is 2. The Morgan fingerprint density at radius 2 is 2.00 bits per heavy atom. The molecule has 116 valence electrons. The molecule has 0 radical (unpaired) electrons. The highest BCUT2D eigenvalue weighted by Gasteiger charge is 2.21. The Balaban J connectivity index is 0.00000220. The van der Waals surface area contributed by atoms with E-state index in [-0.39, 0.29) is 29.9 Å². The van der Waals surface area contributed by atoms with Crippen LogP contribution in [0.4, 0.5) is 5.69 Å². The number of carbonyl (C=O) groups is 1. The van der Waals surface area contributed by atoms with Crippen molar-refractivity contribution in [1.29, 1.82) is 0 Å². The van der Waals surface area contributed by atoms with Crippen molar-refractivity contribution in [3.63, 3.8) is 0 Å². The summed E-state index contributed by atoms with van der Waals surface area (Å²) < 4.78 is 0. The van der Waals surface area contributed by atoms with Crippen LogP contribution in [0.3, 0.4) is 0 Å². The quantitative estimate of drug-likeness (QED) is 0.461. The predicted molar refractivity (Wildman–Crippen MR) is 97.3 cm³/mol. The molecule has 0 aromatic heterocycles. The number of guanidine groups is 1. The normalized spacial score (nSPS) is 14.9. The van der Waals surface area contributed by atoms with Crippen LogP contribution in [0, 0.1) is 0 Å². The molecule has 6 heteroatoms. The molecule has 5 nitrogen and oxygen atoms in total. The highest BCUT2D eigenvalue weighted by molar-refractivity contribution is 14.0. The van der Waals surface area contributed by atoms with Crippen molar-refractivity contribution >= 4 is 41.5 Å². The average molecular weight is 402 g/mol. The largest absolute Gasteiger partial charge is 0.357 e. The molecule has 0 aliphatic carbocycles. The van der Waals surface area contributed by atoms with Crippen molar-refractivity contribution in [3.8, 4) is 0 Å². The van der Waals surface area contributed by atoms with Crippen molar-refractivity contribution in [2.75, 3.05) is 25.0 Å². The van der Waals surface area contributed by atoms with E-state index < -0.39 is 0 Å². The van der Waals surface area contributed by atoms with Gasteiger partial charge in [-0.2, -0.15) is 0 Å². The van der Waals surface area contributed by atoms with Crippen LogP contribution in [0.2, 0.25) is 0 Å². The molecule has 1 aromatic rings. The molecule has 1 heterocycles. The van der Waals surface area contributed by atoms with Crippen LogP contribution in [0.1, 0.15) is 25.3 Å². The first-order valence-corrected chi connectivity index (χ1v) is 7.08. The van der Waals surface area contributed by atoms with Gasteiger partial charge < -0.3 is 15.5 Å².